The zero-order valence-electron chi connectivity index (χ0n) is 14.6. The highest BCUT2D eigenvalue weighted by atomic mass is 16.4. The van der Waals surface area contributed by atoms with Crippen LogP contribution >= 0.6 is 0 Å². The first kappa shape index (κ1) is 16.8. The normalized spacial score (nSPS) is 16.0. The number of para-hydroxylation sites is 2. The second-order valence-electron chi connectivity index (χ2n) is 7.05. The molecule has 1 fully saturated rings. The van der Waals surface area contributed by atoms with Crippen LogP contribution in [0.5, 0.6) is 0 Å². The molecule has 0 bridgehead atoms. The molecule has 2 heterocycles. The smallest absolute Gasteiger partial charge is 0.298 e. The van der Waals surface area contributed by atoms with E-state index in [1.54, 1.807) is 0 Å². The van der Waals surface area contributed by atoms with Gasteiger partial charge >= 0.3 is 0 Å². The summed E-state index contributed by atoms with van der Waals surface area (Å²) in [7, 11) is 0. The van der Waals surface area contributed by atoms with E-state index in [0.717, 1.165) is 56.4 Å². The number of benzene rings is 1. The molecule has 3 rings (SSSR count). The maximum atomic E-state index is 12.3. The number of carbonyl (C=O) groups excluding carboxylic acids is 1. The number of hydrogen-bond donors (Lipinski definition) is 1. The SMILES string of the molecule is CC(C)CCCNC(=O)C1CCN(c2nc3ccccc3o2)CC1. The third kappa shape index (κ3) is 4.08. The lowest BCUT2D eigenvalue weighted by Gasteiger charge is -2.30. The maximum Gasteiger partial charge on any atom is 0.298 e. The van der Waals surface area contributed by atoms with Crippen LogP contribution in [0.3, 0.4) is 0 Å². The van der Waals surface area contributed by atoms with Crippen LogP contribution in [0.2, 0.25) is 0 Å². The van der Waals surface area contributed by atoms with Gasteiger partial charge in [-0.1, -0.05) is 26.0 Å². The van der Waals surface area contributed by atoms with E-state index in [-0.39, 0.29) is 11.8 Å². The largest absolute Gasteiger partial charge is 0.423 e. The van der Waals surface area contributed by atoms with E-state index in [1.165, 1.54) is 0 Å². The van der Waals surface area contributed by atoms with E-state index in [9.17, 15) is 4.79 Å². The molecule has 24 heavy (non-hydrogen) atoms. The van der Waals surface area contributed by atoms with Gasteiger partial charge in [0, 0.05) is 25.6 Å². The van der Waals surface area contributed by atoms with Crippen molar-refractivity contribution in [1.82, 2.24) is 10.3 Å². The molecule has 0 radical (unpaired) electrons. The maximum absolute atomic E-state index is 12.3. The molecule has 0 aliphatic carbocycles. The van der Waals surface area contributed by atoms with Crippen LogP contribution in [0.1, 0.15) is 39.5 Å². The number of anilines is 1. The van der Waals surface area contributed by atoms with Crippen molar-refractivity contribution < 1.29 is 9.21 Å². The molecule has 1 aromatic heterocycles. The molecule has 1 aliphatic heterocycles. The van der Waals surface area contributed by atoms with Crippen molar-refractivity contribution in [2.45, 2.75) is 39.5 Å². The van der Waals surface area contributed by atoms with Crippen LogP contribution < -0.4 is 10.2 Å². The van der Waals surface area contributed by atoms with Crippen molar-refractivity contribution in [3.8, 4) is 0 Å². The fourth-order valence-electron chi connectivity index (χ4n) is 3.19. The summed E-state index contributed by atoms with van der Waals surface area (Å²) < 4.78 is 5.82. The number of nitrogens with one attached hydrogen (secondary N) is 1. The quantitative estimate of drug-likeness (QED) is 0.823. The number of amides is 1. The Morgan fingerprint density at radius 2 is 2.08 bits per heavy atom. The molecule has 1 amide bonds. The van der Waals surface area contributed by atoms with Crippen molar-refractivity contribution in [3.63, 3.8) is 0 Å². The zero-order chi connectivity index (χ0) is 16.9. The first-order chi connectivity index (χ1) is 11.6. The minimum atomic E-state index is 0.115. The Labute approximate surface area is 143 Å². The number of nitrogens with zero attached hydrogens (tertiary/aromatic N) is 2. The Kier molecular flexibility index (Phi) is 5.38. The van der Waals surface area contributed by atoms with Gasteiger partial charge in [-0.15, -0.1) is 0 Å². The summed E-state index contributed by atoms with van der Waals surface area (Å²) in [4.78, 5) is 18.9. The van der Waals surface area contributed by atoms with Crippen LogP contribution in [0.4, 0.5) is 6.01 Å². The summed E-state index contributed by atoms with van der Waals surface area (Å²) in [5, 5.41) is 3.09. The highest BCUT2D eigenvalue weighted by Crippen LogP contribution is 2.26. The molecule has 0 atom stereocenters. The van der Waals surface area contributed by atoms with E-state index < -0.39 is 0 Å². The van der Waals surface area contributed by atoms with Gasteiger partial charge in [-0.05, 0) is 43.7 Å². The number of rotatable bonds is 6. The van der Waals surface area contributed by atoms with Crippen LogP contribution in [-0.2, 0) is 4.79 Å². The number of carbonyl (C=O) groups is 1. The summed E-state index contributed by atoms with van der Waals surface area (Å²) in [6.45, 7) is 6.85. The Hall–Kier alpha value is -2.04. The van der Waals surface area contributed by atoms with Crippen LogP contribution in [0.15, 0.2) is 28.7 Å². The second kappa shape index (κ2) is 7.69. The van der Waals surface area contributed by atoms with Crippen molar-refractivity contribution in [2.24, 2.45) is 11.8 Å². The minimum Gasteiger partial charge on any atom is -0.423 e. The number of hydrogen-bond acceptors (Lipinski definition) is 4. The summed E-state index contributed by atoms with van der Waals surface area (Å²) in [6, 6.07) is 8.48. The average Bonchev–Trinajstić information content (AvgIpc) is 3.02. The molecular formula is C19H27N3O2. The van der Waals surface area contributed by atoms with Gasteiger partial charge in [-0.2, -0.15) is 4.98 Å². The van der Waals surface area contributed by atoms with Crippen LogP contribution in [0, 0.1) is 11.8 Å². The Morgan fingerprint density at radius 3 is 2.79 bits per heavy atom. The Morgan fingerprint density at radius 1 is 1.33 bits per heavy atom. The lowest BCUT2D eigenvalue weighted by molar-refractivity contribution is -0.125. The predicted molar refractivity (Wildman–Crippen MR) is 96.0 cm³/mol. The van der Waals surface area contributed by atoms with Crippen molar-refractivity contribution in [3.05, 3.63) is 24.3 Å². The van der Waals surface area contributed by atoms with E-state index in [4.69, 9.17) is 4.42 Å². The topological polar surface area (TPSA) is 58.4 Å². The highest BCUT2D eigenvalue weighted by molar-refractivity contribution is 5.79. The van der Waals surface area contributed by atoms with Crippen LogP contribution in [0.25, 0.3) is 11.1 Å². The first-order valence-corrected chi connectivity index (χ1v) is 9.01. The van der Waals surface area contributed by atoms with Gasteiger partial charge in [0.15, 0.2) is 5.58 Å². The molecular weight excluding hydrogens is 302 g/mol. The standard InChI is InChI=1S/C19H27N3O2/c1-14(2)6-5-11-20-18(23)15-9-12-22(13-10-15)19-21-16-7-3-4-8-17(16)24-19/h3-4,7-8,14-15H,5-6,9-13H2,1-2H3,(H,20,23). The van der Waals surface area contributed by atoms with Crippen molar-refractivity contribution in [1.29, 1.82) is 0 Å². The van der Waals surface area contributed by atoms with Gasteiger partial charge in [0.2, 0.25) is 5.91 Å². The molecule has 1 N–H and O–H groups in total. The van der Waals surface area contributed by atoms with Gasteiger partial charge in [0.25, 0.3) is 6.01 Å². The highest BCUT2D eigenvalue weighted by Gasteiger charge is 2.26. The van der Waals surface area contributed by atoms with Crippen LogP contribution in [-0.4, -0.2) is 30.5 Å². The van der Waals surface area contributed by atoms with Gasteiger partial charge in [0.1, 0.15) is 5.52 Å². The first-order valence-electron chi connectivity index (χ1n) is 9.01. The second-order valence-corrected chi connectivity index (χ2v) is 7.05. The number of aromatic nitrogens is 1. The van der Waals surface area contributed by atoms with E-state index in [0.29, 0.717) is 11.9 Å². The molecule has 0 spiro atoms. The fourth-order valence-corrected chi connectivity index (χ4v) is 3.19. The van der Waals surface area contributed by atoms with Gasteiger partial charge in [0.05, 0.1) is 0 Å². The predicted octanol–water partition coefficient (Wildman–Crippen LogP) is 3.60. The van der Waals surface area contributed by atoms with Gasteiger partial charge < -0.3 is 14.6 Å². The average molecular weight is 329 g/mol. The van der Waals surface area contributed by atoms with Gasteiger partial charge in [-0.25, -0.2) is 0 Å². The lowest BCUT2D eigenvalue weighted by atomic mass is 9.96. The summed E-state index contributed by atoms with van der Waals surface area (Å²) in [6.07, 6.45) is 3.94. The molecule has 5 nitrogen and oxygen atoms in total. The summed E-state index contributed by atoms with van der Waals surface area (Å²) >= 11 is 0. The minimum absolute atomic E-state index is 0.115. The molecule has 130 valence electrons. The molecule has 5 heteroatoms. The van der Waals surface area contributed by atoms with Crippen molar-refractivity contribution in [2.75, 3.05) is 24.5 Å². The molecule has 1 saturated heterocycles. The monoisotopic (exact) mass is 329 g/mol. The lowest BCUT2D eigenvalue weighted by Crippen LogP contribution is -2.41. The van der Waals surface area contributed by atoms with E-state index in [2.05, 4.69) is 29.0 Å². The zero-order valence-corrected chi connectivity index (χ0v) is 14.6. The summed E-state index contributed by atoms with van der Waals surface area (Å²) in [5.41, 5.74) is 1.70. The molecule has 1 aromatic carbocycles. The van der Waals surface area contributed by atoms with Gasteiger partial charge in [-0.3, -0.25) is 4.79 Å². The third-order valence-corrected chi connectivity index (χ3v) is 4.68. The molecule has 2 aromatic rings. The Bertz CT molecular complexity index is 639. The molecule has 0 unspecified atom stereocenters. The van der Waals surface area contributed by atoms with Crippen molar-refractivity contribution >= 4 is 23.0 Å². The Balaban J connectivity index is 1.47. The molecule has 0 saturated carbocycles. The summed E-state index contributed by atoms with van der Waals surface area (Å²) in [5.74, 6) is 1.02. The fraction of sp³-hybridized carbons (Fsp3) is 0.579. The third-order valence-electron chi connectivity index (χ3n) is 4.68. The number of oxazole rings is 1. The number of fused-ring (bicyclic) bond motifs is 1. The van der Waals surface area contributed by atoms with E-state index >= 15 is 0 Å². The van der Waals surface area contributed by atoms with E-state index in [1.807, 2.05) is 24.3 Å². The molecule has 1 aliphatic rings. The number of piperidine rings is 1.